The molecule has 0 bridgehead atoms. The maximum absolute atomic E-state index is 9.83. The zero-order valence-corrected chi connectivity index (χ0v) is 23.6. The molecule has 7 nitrogen and oxygen atoms in total. The van der Waals surface area contributed by atoms with Crippen molar-refractivity contribution in [3.63, 3.8) is 0 Å². The maximum Gasteiger partial charge on any atom is 0.140 e. The third kappa shape index (κ3) is 8.63. The molecule has 2 N–H and O–H groups in total. The van der Waals surface area contributed by atoms with Gasteiger partial charge in [0.25, 0.3) is 0 Å². The molecule has 38 heavy (non-hydrogen) atoms. The third-order valence-electron chi connectivity index (χ3n) is 5.41. The summed E-state index contributed by atoms with van der Waals surface area (Å²) in [5, 5.41) is 13.4. The van der Waals surface area contributed by atoms with Crippen molar-refractivity contribution in [2.45, 2.75) is 19.6 Å². The van der Waals surface area contributed by atoms with E-state index >= 15 is 0 Å². The number of aliphatic hydroxyl groups is 1. The summed E-state index contributed by atoms with van der Waals surface area (Å²) in [5.41, 5.74) is 2.73. The fourth-order valence-corrected chi connectivity index (χ4v) is 3.72. The summed E-state index contributed by atoms with van der Waals surface area (Å²) in [5.74, 6) is 2.94. The van der Waals surface area contributed by atoms with Gasteiger partial charge in [0.1, 0.15) is 42.4 Å². The van der Waals surface area contributed by atoms with Crippen LogP contribution in [0.3, 0.4) is 0 Å². The Balaban J connectivity index is 0.00000253. The molecule has 0 unspecified atom stereocenters. The van der Waals surface area contributed by atoms with Crippen molar-refractivity contribution in [1.82, 2.24) is 14.9 Å². The van der Waals surface area contributed by atoms with Gasteiger partial charge in [-0.1, -0.05) is 11.6 Å². The average Bonchev–Trinajstić information content (AvgIpc) is 3.33. The highest BCUT2D eigenvalue weighted by Crippen LogP contribution is 2.27. The lowest BCUT2D eigenvalue weighted by atomic mass is 10.1. The maximum atomic E-state index is 9.83. The summed E-state index contributed by atoms with van der Waals surface area (Å²) in [7, 11) is 1.79. The van der Waals surface area contributed by atoms with Crippen LogP contribution in [0.5, 0.6) is 17.2 Å². The van der Waals surface area contributed by atoms with E-state index in [-0.39, 0.29) is 31.4 Å². The largest absolute Gasteiger partial charge is 0.491 e. The van der Waals surface area contributed by atoms with Crippen LogP contribution in [0.1, 0.15) is 12.7 Å². The summed E-state index contributed by atoms with van der Waals surface area (Å²) in [6.07, 6.45) is 1.44. The topological polar surface area (TPSA) is 77.8 Å². The number of nitrogens with one attached hydrogen (secondary N) is 1. The molecule has 3 aromatic carbocycles. The Kier molecular flexibility index (Phi) is 12.9. The van der Waals surface area contributed by atoms with E-state index in [2.05, 4.69) is 5.32 Å². The minimum atomic E-state index is -0.561. The predicted molar refractivity (Wildman–Crippen MR) is 156 cm³/mol. The normalized spacial score (nSPS) is 11.3. The van der Waals surface area contributed by atoms with Crippen molar-refractivity contribution in [1.29, 1.82) is 0 Å². The standard InChI is InChI=1S/C28H30ClN3O4.2ClH/c1-3-34-19-28-31-27(20-4-10-24(11-5-20)35-18-23(33)16-30-2)17-32(28)22-8-14-26(15-9-22)36-25-12-6-21(29)7-13-25;;/h4-15,17,23,30,33H,3,16,18-19H2,1-2H3;2*1H/t23-;;/m1../s1. The van der Waals surface area contributed by atoms with E-state index in [0.29, 0.717) is 30.5 Å². The number of nitrogens with zero attached hydrogens (tertiary/aromatic N) is 2. The zero-order valence-electron chi connectivity index (χ0n) is 21.2. The van der Waals surface area contributed by atoms with Gasteiger partial charge < -0.3 is 29.2 Å². The molecule has 10 heteroatoms. The first kappa shape index (κ1) is 31.4. The van der Waals surface area contributed by atoms with Gasteiger partial charge in [-0.25, -0.2) is 4.98 Å². The molecule has 0 aliphatic rings. The molecule has 0 aliphatic carbocycles. The summed E-state index contributed by atoms with van der Waals surface area (Å²) in [6.45, 7) is 3.66. The molecule has 0 radical (unpaired) electrons. The first-order valence-electron chi connectivity index (χ1n) is 11.8. The van der Waals surface area contributed by atoms with Crippen LogP contribution in [-0.4, -0.2) is 47.6 Å². The molecule has 0 spiro atoms. The van der Waals surface area contributed by atoms with Crippen molar-refractivity contribution in [2.75, 3.05) is 26.8 Å². The van der Waals surface area contributed by atoms with Gasteiger partial charge in [-0.15, -0.1) is 24.8 Å². The van der Waals surface area contributed by atoms with Crippen LogP contribution in [0.15, 0.2) is 79.0 Å². The minimum Gasteiger partial charge on any atom is -0.491 e. The van der Waals surface area contributed by atoms with E-state index in [1.807, 2.05) is 78.4 Å². The first-order chi connectivity index (χ1) is 17.6. The number of ether oxygens (including phenoxy) is 3. The Morgan fingerprint density at radius 3 is 2.13 bits per heavy atom. The Morgan fingerprint density at radius 2 is 1.53 bits per heavy atom. The summed E-state index contributed by atoms with van der Waals surface area (Å²) in [6, 6.07) is 22.7. The molecule has 0 saturated heterocycles. The second kappa shape index (κ2) is 15.6. The van der Waals surface area contributed by atoms with Crippen LogP contribution in [0.2, 0.25) is 5.02 Å². The van der Waals surface area contributed by atoms with Crippen LogP contribution in [-0.2, 0) is 11.3 Å². The summed E-state index contributed by atoms with van der Waals surface area (Å²) >= 11 is 5.95. The Morgan fingerprint density at radius 1 is 0.921 bits per heavy atom. The number of imidazole rings is 1. The lowest BCUT2D eigenvalue weighted by Gasteiger charge is -2.11. The Labute approximate surface area is 240 Å². The molecule has 0 saturated carbocycles. The van der Waals surface area contributed by atoms with Gasteiger partial charge >= 0.3 is 0 Å². The molecule has 0 amide bonds. The second-order valence-electron chi connectivity index (χ2n) is 8.15. The highest BCUT2D eigenvalue weighted by atomic mass is 35.5. The number of likely N-dealkylation sites (N-methyl/N-ethyl adjacent to an activating group) is 1. The molecular weight excluding hydrogens is 549 g/mol. The van der Waals surface area contributed by atoms with E-state index in [1.165, 1.54) is 0 Å². The first-order valence-corrected chi connectivity index (χ1v) is 12.2. The molecule has 0 aliphatic heterocycles. The Bertz CT molecular complexity index is 1230. The van der Waals surface area contributed by atoms with Crippen LogP contribution < -0.4 is 14.8 Å². The van der Waals surface area contributed by atoms with Crippen molar-refractivity contribution in [3.05, 3.63) is 89.8 Å². The number of hydrogen-bond donors (Lipinski definition) is 2. The van der Waals surface area contributed by atoms with Gasteiger partial charge in [0.2, 0.25) is 0 Å². The minimum absolute atomic E-state index is 0. The summed E-state index contributed by atoms with van der Waals surface area (Å²) in [4.78, 5) is 4.83. The van der Waals surface area contributed by atoms with Crippen LogP contribution in [0.4, 0.5) is 0 Å². The van der Waals surface area contributed by atoms with Gasteiger partial charge in [0.05, 0.1) is 5.69 Å². The van der Waals surface area contributed by atoms with Gasteiger partial charge in [0, 0.05) is 35.6 Å². The van der Waals surface area contributed by atoms with Gasteiger partial charge in [-0.3, -0.25) is 0 Å². The van der Waals surface area contributed by atoms with Crippen molar-refractivity contribution >= 4 is 36.4 Å². The molecular formula is C28H32Cl3N3O4. The monoisotopic (exact) mass is 579 g/mol. The average molecular weight is 581 g/mol. The van der Waals surface area contributed by atoms with E-state index in [4.69, 9.17) is 30.8 Å². The highest BCUT2D eigenvalue weighted by Gasteiger charge is 2.13. The fraction of sp³-hybridized carbons (Fsp3) is 0.250. The van der Waals surface area contributed by atoms with Gasteiger partial charge in [-0.2, -0.15) is 0 Å². The number of aliphatic hydroxyl groups excluding tert-OH is 1. The van der Waals surface area contributed by atoms with Crippen LogP contribution in [0.25, 0.3) is 16.9 Å². The molecule has 1 heterocycles. The molecule has 4 aromatic rings. The van der Waals surface area contributed by atoms with Crippen molar-refractivity contribution in [2.24, 2.45) is 0 Å². The number of rotatable bonds is 12. The van der Waals surface area contributed by atoms with E-state index in [0.717, 1.165) is 34.3 Å². The highest BCUT2D eigenvalue weighted by molar-refractivity contribution is 6.30. The number of halogens is 3. The lowest BCUT2D eigenvalue weighted by molar-refractivity contribution is 0.108. The molecule has 0 fully saturated rings. The third-order valence-corrected chi connectivity index (χ3v) is 5.66. The van der Waals surface area contributed by atoms with Crippen LogP contribution in [0, 0.1) is 0 Å². The number of aromatic nitrogens is 2. The Hall–Kier alpha value is -2.78. The van der Waals surface area contributed by atoms with Crippen molar-refractivity contribution in [3.8, 4) is 34.2 Å². The smallest absolute Gasteiger partial charge is 0.140 e. The molecule has 4 rings (SSSR count). The predicted octanol–water partition coefficient (Wildman–Crippen LogP) is 6.32. The molecule has 1 aromatic heterocycles. The van der Waals surface area contributed by atoms with Gasteiger partial charge in [-0.05, 0) is 86.8 Å². The SMILES string of the molecule is CCOCc1nc(-c2ccc(OC[C@H](O)CNC)cc2)cn1-c1ccc(Oc2ccc(Cl)cc2)cc1.Cl.Cl. The zero-order chi connectivity index (χ0) is 25.3. The fourth-order valence-electron chi connectivity index (χ4n) is 3.60. The van der Waals surface area contributed by atoms with E-state index < -0.39 is 6.10 Å². The van der Waals surface area contributed by atoms with Gasteiger partial charge in [0.15, 0.2) is 0 Å². The number of benzene rings is 3. The number of hydrogen-bond acceptors (Lipinski definition) is 6. The molecule has 204 valence electrons. The van der Waals surface area contributed by atoms with E-state index in [1.54, 1.807) is 19.2 Å². The second-order valence-corrected chi connectivity index (χ2v) is 8.58. The summed E-state index contributed by atoms with van der Waals surface area (Å²) < 4.78 is 19.3. The molecule has 1 atom stereocenters. The quantitative estimate of drug-likeness (QED) is 0.204. The van der Waals surface area contributed by atoms with Crippen molar-refractivity contribution < 1.29 is 19.3 Å². The van der Waals surface area contributed by atoms with Crippen LogP contribution >= 0.6 is 36.4 Å². The lowest BCUT2D eigenvalue weighted by Crippen LogP contribution is -2.29. The van der Waals surface area contributed by atoms with E-state index in [9.17, 15) is 5.11 Å².